The number of rotatable bonds is 6. The molecule has 0 saturated carbocycles. The fourth-order valence-corrected chi connectivity index (χ4v) is 3.09. The van der Waals surface area contributed by atoms with Crippen molar-refractivity contribution in [2.75, 3.05) is 19.6 Å². The summed E-state index contributed by atoms with van der Waals surface area (Å²) in [5, 5.41) is 2.81. The summed E-state index contributed by atoms with van der Waals surface area (Å²) in [6, 6.07) is 6.46. The van der Waals surface area contributed by atoms with E-state index in [1.54, 1.807) is 0 Å². The van der Waals surface area contributed by atoms with Crippen molar-refractivity contribution in [1.82, 2.24) is 10.2 Å². The number of alkyl carbamates (subject to hydrolysis) is 1. The molecule has 24 heavy (non-hydrogen) atoms. The average molecular weight is 333 g/mol. The molecule has 5 heteroatoms. The maximum absolute atomic E-state index is 11.6. The number of nitrogens with one attached hydrogen (secondary N) is 1. The summed E-state index contributed by atoms with van der Waals surface area (Å²) in [7, 11) is 0. The molecule has 1 heterocycles. The van der Waals surface area contributed by atoms with Gasteiger partial charge in [0.05, 0.1) is 0 Å². The van der Waals surface area contributed by atoms with Crippen LogP contribution in [0.2, 0.25) is 0 Å². The van der Waals surface area contributed by atoms with Crippen molar-refractivity contribution in [3.63, 3.8) is 0 Å². The van der Waals surface area contributed by atoms with E-state index in [0.29, 0.717) is 13.1 Å². The fraction of sp³-hybridized carbons (Fsp3) is 0.632. The normalized spacial score (nSPS) is 15.0. The molecule has 0 saturated heterocycles. The monoisotopic (exact) mass is 333 g/mol. The maximum Gasteiger partial charge on any atom is 0.407 e. The van der Waals surface area contributed by atoms with Crippen molar-refractivity contribution in [3.05, 3.63) is 34.9 Å². The second-order valence-corrected chi connectivity index (χ2v) is 7.42. The van der Waals surface area contributed by atoms with Crippen molar-refractivity contribution in [1.29, 1.82) is 0 Å². The maximum atomic E-state index is 11.6. The summed E-state index contributed by atoms with van der Waals surface area (Å²) in [6.07, 6.45) is 2.79. The molecule has 0 unspecified atom stereocenters. The van der Waals surface area contributed by atoms with Crippen molar-refractivity contribution in [2.24, 2.45) is 5.73 Å². The van der Waals surface area contributed by atoms with Crippen molar-refractivity contribution >= 4 is 6.09 Å². The molecule has 0 spiro atoms. The van der Waals surface area contributed by atoms with Gasteiger partial charge in [0.2, 0.25) is 0 Å². The third-order valence-corrected chi connectivity index (χ3v) is 4.23. The van der Waals surface area contributed by atoms with E-state index < -0.39 is 5.60 Å². The Kier molecular flexibility index (Phi) is 6.63. The Morgan fingerprint density at radius 1 is 1.33 bits per heavy atom. The molecule has 0 radical (unpaired) electrons. The molecule has 1 amide bonds. The number of ether oxygens (including phenoxy) is 1. The Bertz CT molecular complexity index is 552. The standard InChI is InChI=1S/C19H31N3O2/c1-19(2,3)24-18(23)21-10-4-5-11-22-12-9-17-15(13-20)7-6-8-16(17)14-22/h6-8H,4-5,9-14,20H2,1-3H3,(H,21,23). The van der Waals surface area contributed by atoms with Crippen LogP contribution >= 0.6 is 0 Å². The Hall–Kier alpha value is -1.59. The highest BCUT2D eigenvalue weighted by molar-refractivity contribution is 5.67. The molecule has 0 aromatic heterocycles. The zero-order valence-corrected chi connectivity index (χ0v) is 15.2. The highest BCUT2D eigenvalue weighted by Crippen LogP contribution is 2.22. The first-order valence-corrected chi connectivity index (χ1v) is 8.88. The van der Waals surface area contributed by atoms with Crippen molar-refractivity contribution < 1.29 is 9.53 Å². The van der Waals surface area contributed by atoms with Gasteiger partial charge >= 0.3 is 6.09 Å². The quantitative estimate of drug-likeness (QED) is 0.786. The number of hydrogen-bond donors (Lipinski definition) is 2. The SMILES string of the molecule is CC(C)(C)OC(=O)NCCCCN1CCc2c(CN)cccc2C1. The molecule has 1 aliphatic heterocycles. The molecule has 0 aliphatic carbocycles. The molecule has 1 aromatic rings. The largest absolute Gasteiger partial charge is 0.444 e. The molecule has 5 nitrogen and oxygen atoms in total. The predicted molar refractivity (Wildman–Crippen MR) is 96.8 cm³/mol. The Morgan fingerprint density at radius 3 is 2.83 bits per heavy atom. The molecule has 0 bridgehead atoms. The Morgan fingerprint density at radius 2 is 2.12 bits per heavy atom. The van der Waals surface area contributed by atoms with Crippen LogP contribution in [0.3, 0.4) is 0 Å². The van der Waals surface area contributed by atoms with Crippen LogP contribution in [0.25, 0.3) is 0 Å². The average Bonchev–Trinajstić information content (AvgIpc) is 2.52. The van der Waals surface area contributed by atoms with Crippen molar-refractivity contribution in [2.45, 2.75) is 58.7 Å². The van der Waals surface area contributed by atoms with E-state index in [9.17, 15) is 4.79 Å². The molecule has 0 atom stereocenters. The van der Waals surface area contributed by atoms with E-state index in [1.807, 2.05) is 20.8 Å². The zero-order chi connectivity index (χ0) is 17.6. The number of carbonyl (C=O) groups excluding carboxylic acids is 1. The van der Waals surface area contributed by atoms with Gasteiger partial charge in [0.1, 0.15) is 5.60 Å². The summed E-state index contributed by atoms with van der Waals surface area (Å²) < 4.78 is 5.22. The number of carbonyl (C=O) groups is 1. The highest BCUT2D eigenvalue weighted by Gasteiger charge is 2.18. The highest BCUT2D eigenvalue weighted by atomic mass is 16.6. The second-order valence-electron chi connectivity index (χ2n) is 7.42. The van der Waals surface area contributed by atoms with Crippen LogP contribution in [0.4, 0.5) is 4.79 Å². The summed E-state index contributed by atoms with van der Waals surface area (Å²) in [5.74, 6) is 0. The van der Waals surface area contributed by atoms with E-state index in [2.05, 4.69) is 28.4 Å². The molecular weight excluding hydrogens is 302 g/mol. The van der Waals surface area contributed by atoms with Gasteiger partial charge in [-0.3, -0.25) is 4.90 Å². The lowest BCUT2D eigenvalue weighted by Crippen LogP contribution is -2.34. The first kappa shape index (κ1) is 18.7. The first-order valence-electron chi connectivity index (χ1n) is 8.88. The minimum Gasteiger partial charge on any atom is -0.444 e. The van der Waals surface area contributed by atoms with E-state index in [4.69, 9.17) is 10.5 Å². The molecule has 1 aromatic carbocycles. The third-order valence-electron chi connectivity index (χ3n) is 4.23. The summed E-state index contributed by atoms with van der Waals surface area (Å²) in [4.78, 5) is 14.0. The molecule has 1 aliphatic rings. The van der Waals surface area contributed by atoms with E-state index in [0.717, 1.165) is 38.9 Å². The molecule has 0 fully saturated rings. The molecule has 2 rings (SSSR count). The smallest absolute Gasteiger partial charge is 0.407 e. The lowest BCUT2D eigenvalue weighted by atomic mass is 9.94. The molecule has 3 N–H and O–H groups in total. The topological polar surface area (TPSA) is 67.6 Å². The number of benzene rings is 1. The van der Waals surface area contributed by atoms with Gasteiger partial charge in [-0.15, -0.1) is 0 Å². The van der Waals surface area contributed by atoms with Crippen LogP contribution in [0, 0.1) is 0 Å². The number of hydrogen-bond acceptors (Lipinski definition) is 4. The van der Waals surface area contributed by atoms with E-state index in [-0.39, 0.29) is 6.09 Å². The summed E-state index contributed by atoms with van der Waals surface area (Å²) >= 11 is 0. The van der Waals surface area contributed by atoms with Gasteiger partial charge in [-0.05, 0) is 63.3 Å². The summed E-state index contributed by atoms with van der Waals surface area (Å²) in [5.41, 5.74) is 9.54. The van der Waals surface area contributed by atoms with Crippen LogP contribution in [-0.4, -0.2) is 36.2 Å². The van der Waals surface area contributed by atoms with Gasteiger partial charge in [0, 0.05) is 26.2 Å². The number of nitrogens with zero attached hydrogens (tertiary/aromatic N) is 1. The zero-order valence-electron chi connectivity index (χ0n) is 15.2. The number of fused-ring (bicyclic) bond motifs is 1. The number of amides is 1. The Balaban J connectivity index is 1.66. The van der Waals surface area contributed by atoms with Gasteiger partial charge in [0.15, 0.2) is 0 Å². The van der Waals surface area contributed by atoms with Gasteiger partial charge in [-0.25, -0.2) is 4.79 Å². The van der Waals surface area contributed by atoms with Gasteiger partial charge in [-0.2, -0.15) is 0 Å². The van der Waals surface area contributed by atoms with Gasteiger partial charge in [0.25, 0.3) is 0 Å². The van der Waals surface area contributed by atoms with Crippen LogP contribution in [-0.2, 0) is 24.2 Å². The van der Waals surface area contributed by atoms with Crippen LogP contribution in [0.5, 0.6) is 0 Å². The molecular formula is C19H31N3O2. The van der Waals surface area contributed by atoms with Crippen LogP contribution in [0.1, 0.15) is 50.3 Å². The summed E-state index contributed by atoms with van der Waals surface area (Å²) in [6.45, 7) is 10.1. The third kappa shape index (κ3) is 5.80. The second kappa shape index (κ2) is 8.49. The lowest BCUT2D eigenvalue weighted by molar-refractivity contribution is 0.0526. The van der Waals surface area contributed by atoms with Crippen molar-refractivity contribution in [3.8, 4) is 0 Å². The van der Waals surface area contributed by atoms with Gasteiger partial charge < -0.3 is 15.8 Å². The van der Waals surface area contributed by atoms with Crippen LogP contribution in [0.15, 0.2) is 18.2 Å². The predicted octanol–water partition coefficient (Wildman–Crippen LogP) is 2.81. The number of nitrogens with two attached hydrogens (primary N) is 1. The minimum atomic E-state index is -0.437. The van der Waals surface area contributed by atoms with E-state index >= 15 is 0 Å². The fourth-order valence-electron chi connectivity index (χ4n) is 3.09. The first-order chi connectivity index (χ1) is 11.4. The molecule has 134 valence electrons. The minimum absolute atomic E-state index is 0.330. The van der Waals surface area contributed by atoms with Gasteiger partial charge in [-0.1, -0.05) is 18.2 Å². The number of unbranched alkanes of at least 4 members (excludes halogenated alkanes) is 1. The Labute approximate surface area is 145 Å². The lowest BCUT2D eigenvalue weighted by Gasteiger charge is -2.30. The van der Waals surface area contributed by atoms with E-state index in [1.165, 1.54) is 16.7 Å². The van der Waals surface area contributed by atoms with Crippen LogP contribution < -0.4 is 11.1 Å².